The van der Waals surface area contributed by atoms with Crippen LogP contribution in [0.5, 0.6) is 0 Å². The van der Waals surface area contributed by atoms with Crippen molar-refractivity contribution in [1.29, 1.82) is 0 Å². The van der Waals surface area contributed by atoms with Gasteiger partial charge in [-0.1, -0.05) is 88.0 Å². The minimum absolute atomic E-state index is 0.316. The molecule has 0 amide bonds. The van der Waals surface area contributed by atoms with Gasteiger partial charge in [0.05, 0.1) is 0 Å². The molecule has 1 unspecified atom stereocenters. The van der Waals surface area contributed by atoms with Crippen LogP contribution >= 0.6 is 15.9 Å². The summed E-state index contributed by atoms with van der Waals surface area (Å²) in [6.07, 6.45) is 7.78. The molecule has 1 atom stereocenters. The van der Waals surface area contributed by atoms with Gasteiger partial charge in [-0.05, 0) is 46.8 Å². The molecule has 1 aliphatic rings. The quantitative estimate of drug-likeness (QED) is 0.394. The lowest BCUT2D eigenvalue weighted by molar-refractivity contribution is 0.331. The molecule has 1 aromatic rings. The number of benzene rings is 1. The first kappa shape index (κ1) is 17.1. The van der Waals surface area contributed by atoms with Crippen LogP contribution in [0.1, 0.15) is 94.7 Å². The summed E-state index contributed by atoms with van der Waals surface area (Å²) in [6.45, 7) is 11.9. The molecule has 2 rings (SSSR count). The molecule has 0 radical (unpaired) electrons. The Hall–Kier alpha value is -0.300. The van der Waals surface area contributed by atoms with E-state index in [0.29, 0.717) is 15.7 Å². The lowest BCUT2D eigenvalue weighted by Gasteiger charge is -2.42. The summed E-state index contributed by atoms with van der Waals surface area (Å²) in [5.74, 6) is 0. The Balaban J connectivity index is 2.28. The Morgan fingerprint density at radius 3 is 2.24 bits per heavy atom. The lowest BCUT2D eigenvalue weighted by atomic mass is 9.63. The second-order valence-corrected chi connectivity index (χ2v) is 9.14. The predicted molar refractivity (Wildman–Crippen MR) is 97.5 cm³/mol. The third-order valence-electron chi connectivity index (χ3n) is 5.30. The number of fused-ring (bicyclic) bond motifs is 1. The Morgan fingerprint density at radius 2 is 1.62 bits per heavy atom. The average molecular weight is 351 g/mol. The second kappa shape index (κ2) is 6.44. The van der Waals surface area contributed by atoms with Crippen molar-refractivity contribution in [1.82, 2.24) is 0 Å². The van der Waals surface area contributed by atoms with Gasteiger partial charge in [0.2, 0.25) is 0 Å². The highest BCUT2D eigenvalue weighted by molar-refractivity contribution is 9.09. The molecule has 0 fully saturated rings. The molecule has 1 aromatic carbocycles. The smallest absolute Gasteiger partial charge is 0.0395 e. The van der Waals surface area contributed by atoms with Crippen molar-refractivity contribution in [2.75, 3.05) is 0 Å². The SMILES string of the molecule is CCCCCC(Br)c1ccc2c(c1)C(C)(C)CCC2(C)C. The second-order valence-electron chi connectivity index (χ2n) is 8.04. The maximum Gasteiger partial charge on any atom is 0.0395 e. The van der Waals surface area contributed by atoms with E-state index in [1.54, 1.807) is 11.1 Å². The molecule has 1 heteroatoms. The fourth-order valence-corrected chi connectivity index (χ4v) is 4.15. The molecule has 0 heterocycles. The largest absolute Gasteiger partial charge is 0.0839 e. The molecule has 0 nitrogen and oxygen atoms in total. The Morgan fingerprint density at radius 1 is 1.00 bits per heavy atom. The number of alkyl halides is 1. The van der Waals surface area contributed by atoms with Crippen LogP contribution in [0.2, 0.25) is 0 Å². The van der Waals surface area contributed by atoms with Crippen molar-refractivity contribution in [3.63, 3.8) is 0 Å². The van der Waals surface area contributed by atoms with Gasteiger partial charge in [0.15, 0.2) is 0 Å². The molecule has 0 N–H and O–H groups in total. The summed E-state index contributed by atoms with van der Waals surface area (Å²) in [5, 5.41) is 0. The molecule has 0 saturated heterocycles. The number of unbranched alkanes of at least 4 members (excludes halogenated alkanes) is 2. The first-order chi connectivity index (χ1) is 9.78. The van der Waals surface area contributed by atoms with Crippen LogP contribution in [-0.2, 0) is 10.8 Å². The molecule has 0 bridgehead atoms. The Bertz CT molecular complexity index is 485. The summed E-state index contributed by atoms with van der Waals surface area (Å²) in [7, 11) is 0. The highest BCUT2D eigenvalue weighted by Gasteiger charge is 2.37. The van der Waals surface area contributed by atoms with Crippen LogP contribution in [0, 0.1) is 0 Å². The van der Waals surface area contributed by atoms with Gasteiger partial charge in [0, 0.05) is 4.83 Å². The lowest BCUT2D eigenvalue weighted by Crippen LogP contribution is -2.33. The van der Waals surface area contributed by atoms with Crippen LogP contribution in [0.15, 0.2) is 18.2 Å². The van der Waals surface area contributed by atoms with Crippen molar-refractivity contribution >= 4 is 15.9 Å². The van der Waals surface area contributed by atoms with Crippen LogP contribution in [0.25, 0.3) is 0 Å². The average Bonchev–Trinajstić information content (AvgIpc) is 2.44. The minimum atomic E-state index is 0.316. The molecular formula is C20H31Br. The summed E-state index contributed by atoms with van der Waals surface area (Å²) in [5.41, 5.74) is 5.26. The summed E-state index contributed by atoms with van der Waals surface area (Å²) in [6, 6.07) is 7.24. The van der Waals surface area contributed by atoms with E-state index in [4.69, 9.17) is 0 Å². The fourth-order valence-electron chi connectivity index (χ4n) is 3.54. The molecule has 21 heavy (non-hydrogen) atoms. The maximum absolute atomic E-state index is 3.91. The molecule has 1 aliphatic carbocycles. The van der Waals surface area contributed by atoms with Crippen LogP contribution in [0.3, 0.4) is 0 Å². The standard InChI is InChI=1S/C20H31Br/c1-6-7-8-9-18(21)15-10-11-16-17(14-15)20(4,5)13-12-19(16,2)3/h10-11,14,18H,6-9,12-13H2,1-5H3. The van der Waals surface area contributed by atoms with Gasteiger partial charge in [-0.15, -0.1) is 0 Å². The number of rotatable bonds is 5. The molecule has 0 spiro atoms. The third kappa shape index (κ3) is 3.73. The maximum atomic E-state index is 3.91. The van der Waals surface area contributed by atoms with E-state index in [9.17, 15) is 0 Å². The minimum Gasteiger partial charge on any atom is -0.0839 e. The van der Waals surface area contributed by atoms with Crippen molar-refractivity contribution in [2.24, 2.45) is 0 Å². The molecule has 0 saturated carbocycles. The van der Waals surface area contributed by atoms with E-state index in [0.717, 1.165) is 0 Å². The van der Waals surface area contributed by atoms with Gasteiger partial charge in [-0.2, -0.15) is 0 Å². The van der Waals surface area contributed by atoms with Crippen molar-refractivity contribution in [3.8, 4) is 0 Å². The van der Waals surface area contributed by atoms with E-state index in [1.807, 2.05) is 0 Å². The fraction of sp³-hybridized carbons (Fsp3) is 0.700. The zero-order chi connectivity index (χ0) is 15.7. The topological polar surface area (TPSA) is 0 Å². The highest BCUT2D eigenvalue weighted by Crippen LogP contribution is 2.47. The molecular weight excluding hydrogens is 320 g/mol. The monoisotopic (exact) mass is 350 g/mol. The van der Waals surface area contributed by atoms with E-state index < -0.39 is 0 Å². The van der Waals surface area contributed by atoms with E-state index >= 15 is 0 Å². The van der Waals surface area contributed by atoms with E-state index in [2.05, 4.69) is 68.7 Å². The normalized spacial score (nSPS) is 20.9. The first-order valence-electron chi connectivity index (χ1n) is 8.57. The van der Waals surface area contributed by atoms with E-state index in [-0.39, 0.29) is 0 Å². The number of hydrogen-bond donors (Lipinski definition) is 0. The molecule has 0 aromatic heterocycles. The predicted octanol–water partition coefficient (Wildman–Crippen LogP) is 7.05. The van der Waals surface area contributed by atoms with Crippen molar-refractivity contribution in [3.05, 3.63) is 34.9 Å². The van der Waals surface area contributed by atoms with Crippen LogP contribution < -0.4 is 0 Å². The third-order valence-corrected chi connectivity index (χ3v) is 6.29. The van der Waals surface area contributed by atoms with Crippen LogP contribution in [0.4, 0.5) is 0 Å². The molecule has 0 aliphatic heterocycles. The van der Waals surface area contributed by atoms with E-state index in [1.165, 1.54) is 44.1 Å². The Kier molecular flexibility index (Phi) is 5.23. The summed E-state index contributed by atoms with van der Waals surface area (Å²) < 4.78 is 0. The highest BCUT2D eigenvalue weighted by atomic mass is 79.9. The number of hydrogen-bond acceptors (Lipinski definition) is 0. The first-order valence-corrected chi connectivity index (χ1v) is 9.48. The van der Waals surface area contributed by atoms with Gasteiger partial charge < -0.3 is 0 Å². The van der Waals surface area contributed by atoms with Gasteiger partial charge in [0.25, 0.3) is 0 Å². The zero-order valence-corrected chi connectivity index (χ0v) is 16.0. The van der Waals surface area contributed by atoms with Gasteiger partial charge >= 0.3 is 0 Å². The zero-order valence-electron chi connectivity index (χ0n) is 14.4. The van der Waals surface area contributed by atoms with Crippen molar-refractivity contribution in [2.45, 2.75) is 88.8 Å². The van der Waals surface area contributed by atoms with Crippen LogP contribution in [-0.4, -0.2) is 0 Å². The molecule has 118 valence electrons. The van der Waals surface area contributed by atoms with Crippen molar-refractivity contribution < 1.29 is 0 Å². The summed E-state index contributed by atoms with van der Waals surface area (Å²) >= 11 is 3.91. The van der Waals surface area contributed by atoms with Gasteiger partial charge in [-0.25, -0.2) is 0 Å². The van der Waals surface area contributed by atoms with Gasteiger partial charge in [0.1, 0.15) is 0 Å². The Labute approximate surface area is 139 Å². The van der Waals surface area contributed by atoms with Gasteiger partial charge in [-0.3, -0.25) is 0 Å². The number of halogens is 1. The summed E-state index contributed by atoms with van der Waals surface area (Å²) in [4.78, 5) is 0.509.